The molecule has 0 aromatic rings. The minimum Gasteiger partial charge on any atom is -0.376 e. The second-order valence-electron chi connectivity index (χ2n) is 3.17. The normalized spacial score (nSPS) is 23.1. The predicted molar refractivity (Wildman–Crippen MR) is 47.3 cm³/mol. The van der Waals surface area contributed by atoms with Gasteiger partial charge in [-0.3, -0.25) is 0 Å². The smallest absolute Gasteiger partial charge is 0.106 e. The van der Waals surface area contributed by atoms with Gasteiger partial charge in [0, 0.05) is 0 Å². The zero-order valence-corrected chi connectivity index (χ0v) is 8.32. The van der Waals surface area contributed by atoms with E-state index in [0.29, 0.717) is 25.9 Å². The summed E-state index contributed by atoms with van der Waals surface area (Å²) in [7, 11) is 0. The third-order valence-corrected chi connectivity index (χ3v) is 1.82. The molecule has 0 radical (unpaired) electrons. The maximum Gasteiger partial charge on any atom is 0.106 e. The molecular weight excluding hydrogens is 172 g/mol. The van der Waals surface area contributed by atoms with Crippen LogP contribution in [-0.2, 0) is 19.2 Å². The first-order chi connectivity index (χ1) is 6.33. The monoisotopic (exact) mass is 190 g/mol. The van der Waals surface area contributed by atoms with Crippen LogP contribution in [0.5, 0.6) is 0 Å². The molecule has 0 saturated carbocycles. The lowest BCUT2D eigenvalue weighted by Crippen LogP contribution is -2.12. The summed E-state index contributed by atoms with van der Waals surface area (Å²) in [5.74, 6) is 0. The minimum atomic E-state index is 0.159. The van der Waals surface area contributed by atoms with Crippen molar-refractivity contribution in [2.45, 2.75) is 32.5 Å². The first kappa shape index (κ1) is 10.9. The Morgan fingerprint density at radius 1 is 1.46 bits per heavy atom. The van der Waals surface area contributed by atoms with Gasteiger partial charge < -0.3 is 9.47 Å². The summed E-state index contributed by atoms with van der Waals surface area (Å²) in [6.45, 7) is 6.58. The van der Waals surface area contributed by atoms with Gasteiger partial charge >= 0.3 is 0 Å². The van der Waals surface area contributed by atoms with E-state index in [1.807, 2.05) is 6.92 Å². The summed E-state index contributed by atoms with van der Waals surface area (Å²) in [5, 5.41) is 0. The maximum atomic E-state index is 5.24. The van der Waals surface area contributed by atoms with E-state index in [-0.39, 0.29) is 6.10 Å². The van der Waals surface area contributed by atoms with Gasteiger partial charge in [-0.25, -0.2) is 9.78 Å². The standard InChI is InChI=1S/C9H18O4/c1-3-8(2)13-12-5-4-10-6-9-7-11-9/h8-9H,3-7H2,1-2H3. The lowest BCUT2D eigenvalue weighted by Gasteiger charge is -2.08. The molecule has 2 unspecified atom stereocenters. The molecule has 4 heteroatoms. The van der Waals surface area contributed by atoms with E-state index < -0.39 is 0 Å². The zero-order valence-electron chi connectivity index (χ0n) is 8.32. The van der Waals surface area contributed by atoms with E-state index in [1.54, 1.807) is 0 Å². The van der Waals surface area contributed by atoms with Gasteiger partial charge in [0.1, 0.15) is 12.7 Å². The van der Waals surface area contributed by atoms with E-state index in [0.717, 1.165) is 13.0 Å². The van der Waals surface area contributed by atoms with Crippen molar-refractivity contribution in [2.75, 3.05) is 26.4 Å². The molecule has 0 aromatic carbocycles. The molecule has 4 nitrogen and oxygen atoms in total. The van der Waals surface area contributed by atoms with Gasteiger partial charge in [-0.2, -0.15) is 0 Å². The highest BCUT2D eigenvalue weighted by Crippen LogP contribution is 2.08. The molecule has 0 amide bonds. The van der Waals surface area contributed by atoms with Gasteiger partial charge in [-0.05, 0) is 13.3 Å². The van der Waals surface area contributed by atoms with Crippen molar-refractivity contribution in [3.05, 3.63) is 0 Å². The van der Waals surface area contributed by atoms with Gasteiger partial charge in [0.25, 0.3) is 0 Å². The summed E-state index contributed by atoms with van der Waals surface area (Å²) in [4.78, 5) is 9.93. The Hall–Kier alpha value is -0.160. The third-order valence-electron chi connectivity index (χ3n) is 1.82. The molecule has 1 aliphatic heterocycles. The molecule has 1 aliphatic rings. The fourth-order valence-electron chi connectivity index (χ4n) is 0.704. The van der Waals surface area contributed by atoms with Crippen LogP contribution in [0, 0.1) is 0 Å². The molecule has 0 spiro atoms. The SMILES string of the molecule is CCC(C)OOCCOCC1CO1. The zero-order chi connectivity index (χ0) is 9.52. The third kappa shape index (κ3) is 5.99. The number of ether oxygens (including phenoxy) is 2. The largest absolute Gasteiger partial charge is 0.376 e. The molecule has 1 saturated heterocycles. The number of rotatable bonds is 8. The molecule has 0 N–H and O–H groups in total. The van der Waals surface area contributed by atoms with Crippen LogP contribution < -0.4 is 0 Å². The van der Waals surface area contributed by atoms with Crippen LogP contribution in [0.2, 0.25) is 0 Å². The Morgan fingerprint density at radius 2 is 2.23 bits per heavy atom. The topological polar surface area (TPSA) is 40.2 Å². The molecule has 13 heavy (non-hydrogen) atoms. The van der Waals surface area contributed by atoms with Gasteiger partial charge in [-0.1, -0.05) is 6.92 Å². The number of epoxide rings is 1. The molecule has 2 atom stereocenters. The Morgan fingerprint density at radius 3 is 2.85 bits per heavy atom. The van der Waals surface area contributed by atoms with E-state index in [4.69, 9.17) is 19.2 Å². The molecule has 0 bridgehead atoms. The summed E-state index contributed by atoms with van der Waals surface area (Å²) >= 11 is 0. The van der Waals surface area contributed by atoms with Crippen LogP contribution in [0.3, 0.4) is 0 Å². The van der Waals surface area contributed by atoms with E-state index in [2.05, 4.69) is 6.92 Å². The van der Waals surface area contributed by atoms with Gasteiger partial charge in [0.05, 0.1) is 25.9 Å². The first-order valence-corrected chi connectivity index (χ1v) is 4.80. The quantitative estimate of drug-likeness (QED) is 0.249. The van der Waals surface area contributed by atoms with Crippen molar-refractivity contribution < 1.29 is 19.2 Å². The Balaban J connectivity index is 1.72. The van der Waals surface area contributed by atoms with Crippen molar-refractivity contribution in [2.24, 2.45) is 0 Å². The fraction of sp³-hybridized carbons (Fsp3) is 1.00. The Kier molecular flexibility index (Phi) is 5.31. The van der Waals surface area contributed by atoms with Crippen LogP contribution in [-0.4, -0.2) is 38.6 Å². The second kappa shape index (κ2) is 6.32. The van der Waals surface area contributed by atoms with Crippen molar-refractivity contribution >= 4 is 0 Å². The maximum absolute atomic E-state index is 5.24. The fourth-order valence-corrected chi connectivity index (χ4v) is 0.704. The number of hydrogen-bond donors (Lipinski definition) is 0. The Labute approximate surface area is 79.0 Å². The highest BCUT2D eigenvalue weighted by atomic mass is 17.2. The van der Waals surface area contributed by atoms with Crippen LogP contribution in [0.25, 0.3) is 0 Å². The van der Waals surface area contributed by atoms with Gasteiger partial charge in [-0.15, -0.1) is 0 Å². The van der Waals surface area contributed by atoms with Crippen LogP contribution in [0.4, 0.5) is 0 Å². The van der Waals surface area contributed by atoms with Gasteiger partial charge in [0.2, 0.25) is 0 Å². The molecule has 1 rings (SSSR count). The molecule has 0 aliphatic carbocycles. The average molecular weight is 190 g/mol. The number of hydrogen-bond acceptors (Lipinski definition) is 4. The molecule has 1 heterocycles. The summed E-state index contributed by atoms with van der Waals surface area (Å²) in [6.07, 6.45) is 1.44. The lowest BCUT2D eigenvalue weighted by molar-refractivity contribution is -0.324. The summed E-state index contributed by atoms with van der Waals surface area (Å²) in [5.41, 5.74) is 0. The van der Waals surface area contributed by atoms with Crippen LogP contribution in [0.1, 0.15) is 20.3 Å². The van der Waals surface area contributed by atoms with E-state index in [1.165, 1.54) is 0 Å². The Bertz CT molecular complexity index is 125. The first-order valence-electron chi connectivity index (χ1n) is 4.80. The average Bonchev–Trinajstić information content (AvgIpc) is 2.94. The van der Waals surface area contributed by atoms with Crippen molar-refractivity contribution in [3.8, 4) is 0 Å². The highest BCUT2D eigenvalue weighted by molar-refractivity contribution is 4.66. The second-order valence-corrected chi connectivity index (χ2v) is 3.17. The van der Waals surface area contributed by atoms with Crippen molar-refractivity contribution in [3.63, 3.8) is 0 Å². The predicted octanol–water partition coefficient (Wildman–Crippen LogP) is 1.15. The van der Waals surface area contributed by atoms with Crippen LogP contribution >= 0.6 is 0 Å². The van der Waals surface area contributed by atoms with E-state index in [9.17, 15) is 0 Å². The highest BCUT2D eigenvalue weighted by Gasteiger charge is 2.21. The van der Waals surface area contributed by atoms with Crippen LogP contribution in [0.15, 0.2) is 0 Å². The summed E-state index contributed by atoms with van der Waals surface area (Å²) in [6, 6.07) is 0. The molecule has 1 fully saturated rings. The molecular formula is C9H18O4. The molecule has 0 aromatic heterocycles. The molecule has 78 valence electrons. The van der Waals surface area contributed by atoms with E-state index >= 15 is 0 Å². The van der Waals surface area contributed by atoms with Crippen molar-refractivity contribution in [1.29, 1.82) is 0 Å². The lowest BCUT2D eigenvalue weighted by atomic mass is 10.3. The minimum absolute atomic E-state index is 0.159. The van der Waals surface area contributed by atoms with Gasteiger partial charge in [0.15, 0.2) is 0 Å². The van der Waals surface area contributed by atoms with Crippen molar-refractivity contribution in [1.82, 2.24) is 0 Å². The summed E-state index contributed by atoms with van der Waals surface area (Å²) < 4.78 is 10.2.